The van der Waals surface area contributed by atoms with Crippen molar-refractivity contribution in [3.05, 3.63) is 65.7 Å². The Kier molecular flexibility index (Phi) is 4.09. The summed E-state index contributed by atoms with van der Waals surface area (Å²) in [7, 11) is 0. The van der Waals surface area contributed by atoms with Crippen LogP contribution in [-0.4, -0.2) is 9.70 Å². The molecule has 2 aromatic rings. The predicted molar refractivity (Wildman–Crippen MR) is 79.2 cm³/mol. The minimum atomic E-state index is -0.276. The van der Waals surface area contributed by atoms with Crippen LogP contribution in [0.1, 0.15) is 20.7 Å². The van der Waals surface area contributed by atoms with E-state index in [1.807, 2.05) is 18.2 Å². The monoisotopic (exact) mass is 351 g/mol. The fourth-order valence-corrected chi connectivity index (χ4v) is 2.04. The van der Waals surface area contributed by atoms with Crippen LogP contribution in [0.2, 0.25) is 0 Å². The van der Waals surface area contributed by atoms with Gasteiger partial charge >= 0.3 is 0 Å². The van der Waals surface area contributed by atoms with E-state index in [1.54, 1.807) is 59.0 Å². The Bertz CT molecular complexity index is 581. The summed E-state index contributed by atoms with van der Waals surface area (Å²) in [4.78, 5) is 23.5. The molecule has 1 amide bonds. The maximum Gasteiger partial charge on any atom is 0.256 e. The first-order valence-corrected chi connectivity index (χ1v) is 6.41. The van der Waals surface area contributed by atoms with Crippen molar-refractivity contribution in [2.75, 3.05) is 5.32 Å². The molecule has 90 valence electrons. The van der Waals surface area contributed by atoms with Gasteiger partial charge in [-0.15, -0.1) is 0 Å². The Morgan fingerprint density at radius 2 is 1.39 bits per heavy atom. The van der Waals surface area contributed by atoms with E-state index in [-0.39, 0.29) is 9.70 Å². The number of carbonyl (C=O) groups excluding carboxylic acids is 2. The minimum absolute atomic E-state index is 0.147. The molecule has 0 aliphatic rings. The second-order valence-electron chi connectivity index (χ2n) is 3.64. The zero-order valence-electron chi connectivity index (χ0n) is 9.39. The summed E-state index contributed by atoms with van der Waals surface area (Å²) < 4.78 is -0.147. The summed E-state index contributed by atoms with van der Waals surface area (Å²) in [5.41, 5.74) is 1.52. The molecule has 0 fully saturated rings. The lowest BCUT2D eigenvalue weighted by Gasteiger charge is -2.07. The molecule has 0 spiro atoms. The Labute approximate surface area is 118 Å². The number of para-hydroxylation sites is 1. The molecular weight excluding hydrogens is 341 g/mol. The van der Waals surface area contributed by atoms with Crippen molar-refractivity contribution in [2.24, 2.45) is 0 Å². The van der Waals surface area contributed by atoms with Gasteiger partial charge in [0, 0.05) is 33.8 Å². The largest absolute Gasteiger partial charge is 0.322 e. The number of hydrogen-bond acceptors (Lipinski definition) is 2. The Hall–Kier alpha value is -1.69. The third-order valence-corrected chi connectivity index (χ3v) is 3.00. The lowest BCUT2D eigenvalue weighted by Crippen LogP contribution is -2.14. The molecule has 0 aromatic heterocycles. The molecular formula is C14H10INO2. The average Bonchev–Trinajstić information content (AvgIpc) is 2.40. The first-order chi connectivity index (χ1) is 8.68. The number of benzene rings is 2. The molecule has 0 atom stereocenters. The van der Waals surface area contributed by atoms with E-state index < -0.39 is 0 Å². The number of nitrogens with one attached hydrogen (secondary N) is 1. The van der Waals surface area contributed by atoms with Gasteiger partial charge in [-0.1, -0.05) is 30.3 Å². The molecule has 2 aromatic carbocycles. The zero-order chi connectivity index (χ0) is 13.0. The highest BCUT2D eigenvalue weighted by molar-refractivity contribution is 14.1. The van der Waals surface area contributed by atoms with Crippen molar-refractivity contribution in [1.82, 2.24) is 0 Å². The minimum Gasteiger partial charge on any atom is -0.322 e. The maximum atomic E-state index is 12.1. The Morgan fingerprint density at radius 3 is 2.00 bits per heavy atom. The molecule has 0 saturated carbocycles. The molecule has 0 radical (unpaired) electrons. The molecule has 0 saturated heterocycles. The first-order valence-electron chi connectivity index (χ1n) is 5.34. The molecule has 4 heteroatoms. The van der Waals surface area contributed by atoms with Crippen LogP contribution < -0.4 is 5.32 Å². The van der Waals surface area contributed by atoms with Gasteiger partial charge in [-0.2, -0.15) is 0 Å². The summed E-state index contributed by atoms with van der Waals surface area (Å²) in [6.07, 6.45) is 0. The van der Waals surface area contributed by atoms with Gasteiger partial charge in [0.15, 0.2) is 0 Å². The maximum absolute atomic E-state index is 12.1. The standard InChI is InChI=1S/C14H10INO2/c15-13(17)11-8-4-5-9-12(11)14(18)16-10-6-2-1-3-7-10/h1-9H,(H,16,18). The SMILES string of the molecule is O=C(I)c1ccccc1C(=O)Nc1ccccc1. The van der Waals surface area contributed by atoms with Gasteiger partial charge in [0.25, 0.3) is 5.91 Å². The van der Waals surface area contributed by atoms with E-state index in [0.29, 0.717) is 16.8 Å². The zero-order valence-corrected chi connectivity index (χ0v) is 11.5. The highest BCUT2D eigenvalue weighted by Crippen LogP contribution is 2.15. The van der Waals surface area contributed by atoms with Crippen LogP contribution in [-0.2, 0) is 0 Å². The lowest BCUT2D eigenvalue weighted by atomic mass is 10.1. The van der Waals surface area contributed by atoms with Crippen LogP contribution in [0.3, 0.4) is 0 Å². The molecule has 1 N–H and O–H groups in total. The summed E-state index contributed by atoms with van der Waals surface area (Å²) in [6.45, 7) is 0. The van der Waals surface area contributed by atoms with Crippen molar-refractivity contribution >= 4 is 38.0 Å². The molecule has 2 rings (SSSR count). The van der Waals surface area contributed by atoms with Crippen LogP contribution in [0.15, 0.2) is 54.6 Å². The normalized spacial score (nSPS) is 9.83. The summed E-state index contributed by atoms with van der Waals surface area (Å²) in [5.74, 6) is -0.276. The van der Waals surface area contributed by atoms with Gasteiger partial charge in [0.2, 0.25) is 3.79 Å². The number of amides is 1. The summed E-state index contributed by atoms with van der Waals surface area (Å²) >= 11 is 1.68. The van der Waals surface area contributed by atoms with Gasteiger partial charge in [0.1, 0.15) is 0 Å². The number of halogens is 1. The van der Waals surface area contributed by atoms with Gasteiger partial charge in [-0.05, 0) is 24.3 Å². The summed E-state index contributed by atoms with van der Waals surface area (Å²) in [6, 6.07) is 15.9. The second kappa shape index (κ2) is 5.77. The van der Waals surface area contributed by atoms with Crippen LogP contribution in [0.5, 0.6) is 0 Å². The van der Waals surface area contributed by atoms with Crippen LogP contribution in [0.4, 0.5) is 5.69 Å². The van der Waals surface area contributed by atoms with Crippen molar-refractivity contribution < 1.29 is 9.59 Å². The molecule has 0 unspecified atom stereocenters. The van der Waals surface area contributed by atoms with Crippen LogP contribution in [0.25, 0.3) is 0 Å². The Morgan fingerprint density at radius 1 is 0.833 bits per heavy atom. The first kappa shape index (κ1) is 12.8. The van der Waals surface area contributed by atoms with Gasteiger partial charge in [0.05, 0.1) is 5.56 Å². The van der Waals surface area contributed by atoms with Crippen molar-refractivity contribution in [2.45, 2.75) is 0 Å². The number of rotatable bonds is 3. The molecule has 0 aliphatic carbocycles. The van der Waals surface area contributed by atoms with Gasteiger partial charge in [-0.25, -0.2) is 0 Å². The quantitative estimate of drug-likeness (QED) is 0.680. The topological polar surface area (TPSA) is 46.2 Å². The van der Waals surface area contributed by atoms with Gasteiger partial charge < -0.3 is 5.32 Å². The smallest absolute Gasteiger partial charge is 0.256 e. The lowest BCUT2D eigenvalue weighted by molar-refractivity contribution is 0.101. The number of hydrogen-bond donors (Lipinski definition) is 1. The van der Waals surface area contributed by atoms with Crippen molar-refractivity contribution in [3.63, 3.8) is 0 Å². The third-order valence-electron chi connectivity index (χ3n) is 2.42. The van der Waals surface area contributed by atoms with Crippen molar-refractivity contribution in [3.8, 4) is 0 Å². The second-order valence-corrected chi connectivity index (χ2v) is 4.62. The molecule has 0 aliphatic heterocycles. The van der Waals surface area contributed by atoms with Crippen molar-refractivity contribution in [1.29, 1.82) is 0 Å². The van der Waals surface area contributed by atoms with E-state index in [4.69, 9.17) is 0 Å². The van der Waals surface area contributed by atoms with E-state index in [0.717, 1.165) is 0 Å². The third kappa shape index (κ3) is 2.95. The highest BCUT2D eigenvalue weighted by atomic mass is 127. The van der Waals surface area contributed by atoms with E-state index in [1.165, 1.54) is 0 Å². The molecule has 0 bridgehead atoms. The number of anilines is 1. The average molecular weight is 351 g/mol. The van der Waals surface area contributed by atoms with Gasteiger partial charge in [-0.3, -0.25) is 9.59 Å². The van der Waals surface area contributed by atoms with E-state index >= 15 is 0 Å². The van der Waals surface area contributed by atoms with Crippen LogP contribution >= 0.6 is 22.6 Å². The fourth-order valence-electron chi connectivity index (χ4n) is 1.57. The highest BCUT2D eigenvalue weighted by Gasteiger charge is 2.14. The van der Waals surface area contributed by atoms with E-state index in [9.17, 15) is 9.59 Å². The number of carbonyl (C=O) groups is 2. The molecule has 0 heterocycles. The molecule has 18 heavy (non-hydrogen) atoms. The van der Waals surface area contributed by atoms with Crippen LogP contribution in [0, 0.1) is 0 Å². The molecule has 3 nitrogen and oxygen atoms in total. The summed E-state index contributed by atoms with van der Waals surface area (Å²) in [5, 5.41) is 2.76. The Balaban J connectivity index is 2.27. The van der Waals surface area contributed by atoms with E-state index in [2.05, 4.69) is 5.32 Å². The fraction of sp³-hybridized carbons (Fsp3) is 0. The predicted octanol–water partition coefficient (Wildman–Crippen LogP) is 3.51.